The van der Waals surface area contributed by atoms with E-state index in [1.165, 1.54) is 11.1 Å². The number of amides is 1. The third-order valence-corrected chi connectivity index (χ3v) is 4.56. The van der Waals surface area contributed by atoms with Crippen LogP contribution < -0.4 is 5.32 Å². The Morgan fingerprint density at radius 3 is 2.50 bits per heavy atom. The zero-order chi connectivity index (χ0) is 14.3. The highest BCUT2D eigenvalue weighted by Crippen LogP contribution is 2.49. The van der Waals surface area contributed by atoms with Crippen LogP contribution in [0.4, 0.5) is 0 Å². The average molecular weight is 272 g/mol. The van der Waals surface area contributed by atoms with Crippen LogP contribution in [0.5, 0.6) is 0 Å². The molecule has 0 spiro atoms. The fourth-order valence-electron chi connectivity index (χ4n) is 3.56. The highest BCUT2D eigenvalue weighted by molar-refractivity contribution is 5.83. The van der Waals surface area contributed by atoms with E-state index in [1.807, 2.05) is 0 Å². The molecule has 0 radical (unpaired) electrons. The summed E-state index contributed by atoms with van der Waals surface area (Å²) in [5.41, 5.74) is 2.68. The van der Waals surface area contributed by atoms with Gasteiger partial charge >= 0.3 is 0 Å². The summed E-state index contributed by atoms with van der Waals surface area (Å²) in [6.45, 7) is 8.15. The SMILES string of the molecule is Cc1ccccc1[C@@H]1C[C@H]1C(=O)N1C[C@@H](C)N[C@@H](C)C1. The number of rotatable bonds is 2. The van der Waals surface area contributed by atoms with E-state index in [0.29, 0.717) is 23.9 Å². The van der Waals surface area contributed by atoms with Gasteiger partial charge in [-0.25, -0.2) is 0 Å². The first kappa shape index (κ1) is 13.6. The van der Waals surface area contributed by atoms with Crippen molar-refractivity contribution in [3.63, 3.8) is 0 Å². The quantitative estimate of drug-likeness (QED) is 0.896. The van der Waals surface area contributed by atoms with Gasteiger partial charge in [0.25, 0.3) is 0 Å². The molecule has 1 heterocycles. The van der Waals surface area contributed by atoms with Gasteiger partial charge in [-0.1, -0.05) is 24.3 Å². The standard InChI is InChI=1S/C17H24N2O/c1-11-6-4-5-7-14(11)15-8-16(15)17(20)19-9-12(2)18-13(3)10-19/h4-7,12-13,15-16,18H,8-10H2,1-3H3/t12-,13+,15-,16+/m0/s1. The molecule has 0 aromatic heterocycles. The molecule has 3 rings (SSSR count). The first-order valence-electron chi connectivity index (χ1n) is 7.66. The van der Waals surface area contributed by atoms with Crippen LogP contribution in [0.2, 0.25) is 0 Å². The molecule has 1 aliphatic carbocycles. The van der Waals surface area contributed by atoms with Crippen LogP contribution in [0.3, 0.4) is 0 Å². The molecule has 2 fully saturated rings. The van der Waals surface area contributed by atoms with Crippen LogP contribution in [0.25, 0.3) is 0 Å². The molecule has 0 bridgehead atoms. The average Bonchev–Trinajstić information content (AvgIpc) is 3.17. The van der Waals surface area contributed by atoms with E-state index < -0.39 is 0 Å². The van der Waals surface area contributed by atoms with E-state index in [4.69, 9.17) is 0 Å². The van der Waals surface area contributed by atoms with Gasteiger partial charge in [-0.2, -0.15) is 0 Å². The monoisotopic (exact) mass is 272 g/mol. The smallest absolute Gasteiger partial charge is 0.226 e. The lowest BCUT2D eigenvalue weighted by Crippen LogP contribution is -2.56. The van der Waals surface area contributed by atoms with Crippen LogP contribution in [0.1, 0.15) is 37.3 Å². The van der Waals surface area contributed by atoms with Gasteiger partial charge in [-0.3, -0.25) is 4.79 Å². The third kappa shape index (κ3) is 2.59. The zero-order valence-corrected chi connectivity index (χ0v) is 12.6. The van der Waals surface area contributed by atoms with Crippen LogP contribution in [0, 0.1) is 12.8 Å². The molecule has 20 heavy (non-hydrogen) atoms. The Morgan fingerprint density at radius 1 is 1.20 bits per heavy atom. The third-order valence-electron chi connectivity index (χ3n) is 4.56. The molecule has 3 nitrogen and oxygen atoms in total. The number of carbonyl (C=O) groups is 1. The topological polar surface area (TPSA) is 32.3 Å². The lowest BCUT2D eigenvalue weighted by atomic mass is 10.0. The minimum atomic E-state index is 0.216. The molecule has 1 aromatic carbocycles. The largest absolute Gasteiger partial charge is 0.339 e. The van der Waals surface area contributed by atoms with Crippen molar-refractivity contribution in [1.82, 2.24) is 10.2 Å². The van der Waals surface area contributed by atoms with Gasteiger partial charge in [-0.15, -0.1) is 0 Å². The lowest BCUT2D eigenvalue weighted by Gasteiger charge is -2.36. The molecule has 1 aromatic rings. The van der Waals surface area contributed by atoms with Gasteiger partial charge in [0.1, 0.15) is 0 Å². The summed E-state index contributed by atoms with van der Waals surface area (Å²) in [5.74, 6) is 1.02. The summed E-state index contributed by atoms with van der Waals surface area (Å²) in [7, 11) is 0. The minimum absolute atomic E-state index is 0.216. The summed E-state index contributed by atoms with van der Waals surface area (Å²) >= 11 is 0. The number of aryl methyl sites for hydroxylation is 1. The Hall–Kier alpha value is -1.35. The molecule has 1 saturated heterocycles. The van der Waals surface area contributed by atoms with Crippen molar-refractivity contribution in [3.8, 4) is 0 Å². The van der Waals surface area contributed by atoms with Crippen molar-refractivity contribution < 1.29 is 4.79 Å². The number of piperazine rings is 1. The first-order valence-corrected chi connectivity index (χ1v) is 7.66. The summed E-state index contributed by atoms with van der Waals surface area (Å²) in [5, 5.41) is 3.48. The van der Waals surface area contributed by atoms with Crippen LogP contribution in [0.15, 0.2) is 24.3 Å². The Balaban J connectivity index is 1.67. The van der Waals surface area contributed by atoms with E-state index in [-0.39, 0.29) is 5.92 Å². The second kappa shape index (κ2) is 5.21. The summed E-state index contributed by atoms with van der Waals surface area (Å²) < 4.78 is 0. The first-order chi connectivity index (χ1) is 9.56. The summed E-state index contributed by atoms with van der Waals surface area (Å²) in [6, 6.07) is 9.27. The molecule has 1 amide bonds. The van der Waals surface area contributed by atoms with Gasteiger partial charge in [0, 0.05) is 31.1 Å². The molecule has 2 aliphatic rings. The van der Waals surface area contributed by atoms with Crippen molar-refractivity contribution in [2.75, 3.05) is 13.1 Å². The molecule has 1 saturated carbocycles. The van der Waals surface area contributed by atoms with E-state index in [9.17, 15) is 4.79 Å². The van der Waals surface area contributed by atoms with E-state index >= 15 is 0 Å². The van der Waals surface area contributed by atoms with E-state index in [1.54, 1.807) is 0 Å². The molecule has 108 valence electrons. The summed E-state index contributed by atoms with van der Waals surface area (Å²) in [6.07, 6.45) is 1.02. The molecule has 3 heteroatoms. The van der Waals surface area contributed by atoms with Crippen molar-refractivity contribution in [2.45, 2.75) is 45.2 Å². The Morgan fingerprint density at radius 2 is 1.85 bits per heavy atom. The lowest BCUT2D eigenvalue weighted by molar-refractivity contribution is -0.134. The Kier molecular flexibility index (Phi) is 3.55. The van der Waals surface area contributed by atoms with Crippen molar-refractivity contribution in [1.29, 1.82) is 0 Å². The molecular formula is C17H24N2O. The normalized spacial score (nSPS) is 33.0. The molecule has 0 unspecified atom stereocenters. The van der Waals surface area contributed by atoms with Gasteiger partial charge < -0.3 is 10.2 Å². The maximum absolute atomic E-state index is 12.6. The van der Waals surface area contributed by atoms with Gasteiger partial charge in [0.15, 0.2) is 0 Å². The zero-order valence-electron chi connectivity index (χ0n) is 12.6. The van der Waals surface area contributed by atoms with Crippen LogP contribution in [-0.4, -0.2) is 36.0 Å². The number of hydrogen-bond acceptors (Lipinski definition) is 2. The number of nitrogens with zero attached hydrogens (tertiary/aromatic N) is 1. The highest BCUT2D eigenvalue weighted by atomic mass is 16.2. The minimum Gasteiger partial charge on any atom is -0.339 e. The van der Waals surface area contributed by atoms with Gasteiger partial charge in [-0.05, 0) is 44.2 Å². The Labute approximate surface area is 121 Å². The van der Waals surface area contributed by atoms with Crippen molar-refractivity contribution in [2.24, 2.45) is 5.92 Å². The predicted molar refractivity (Wildman–Crippen MR) is 80.7 cm³/mol. The number of hydrogen-bond donors (Lipinski definition) is 1. The van der Waals surface area contributed by atoms with Gasteiger partial charge in [0.05, 0.1) is 0 Å². The highest BCUT2D eigenvalue weighted by Gasteiger charge is 2.46. The summed E-state index contributed by atoms with van der Waals surface area (Å²) in [4.78, 5) is 14.7. The maximum atomic E-state index is 12.6. The Bertz CT molecular complexity index is 503. The second-order valence-electron chi connectivity index (χ2n) is 6.52. The van der Waals surface area contributed by atoms with E-state index in [0.717, 1.165) is 19.5 Å². The van der Waals surface area contributed by atoms with E-state index in [2.05, 4.69) is 55.3 Å². The van der Waals surface area contributed by atoms with Gasteiger partial charge in [0.2, 0.25) is 5.91 Å². The van der Waals surface area contributed by atoms with Crippen LogP contribution >= 0.6 is 0 Å². The molecule has 4 atom stereocenters. The second-order valence-corrected chi connectivity index (χ2v) is 6.52. The molecule has 1 aliphatic heterocycles. The number of carbonyl (C=O) groups excluding carboxylic acids is 1. The fraction of sp³-hybridized carbons (Fsp3) is 0.588. The van der Waals surface area contributed by atoms with Crippen molar-refractivity contribution in [3.05, 3.63) is 35.4 Å². The maximum Gasteiger partial charge on any atom is 0.226 e. The molecular weight excluding hydrogens is 248 g/mol. The fourth-order valence-corrected chi connectivity index (χ4v) is 3.56. The van der Waals surface area contributed by atoms with Crippen LogP contribution in [-0.2, 0) is 4.79 Å². The predicted octanol–water partition coefficient (Wildman–Crippen LogP) is 2.31. The van der Waals surface area contributed by atoms with Crippen molar-refractivity contribution >= 4 is 5.91 Å². The number of nitrogens with one attached hydrogen (secondary N) is 1. The number of benzene rings is 1. The molecule has 1 N–H and O–H groups in total.